The van der Waals surface area contributed by atoms with E-state index in [9.17, 15) is 4.79 Å². The molecule has 0 bridgehead atoms. The number of aromatic nitrogens is 4. The maximum Gasteiger partial charge on any atom is 0.251 e. The molecular formula is C24H26N6O. The molecule has 1 unspecified atom stereocenters. The van der Waals surface area contributed by atoms with Crippen LogP contribution in [-0.4, -0.2) is 50.6 Å². The third-order valence-corrected chi connectivity index (χ3v) is 6.11. The molecule has 1 fully saturated rings. The van der Waals surface area contributed by atoms with E-state index in [0.717, 1.165) is 42.8 Å². The number of hydrogen-bond acceptors (Lipinski definition) is 5. The minimum absolute atomic E-state index is 0.110. The maximum absolute atomic E-state index is 13.0. The fraction of sp³-hybridized carbons (Fsp3) is 0.333. The van der Waals surface area contributed by atoms with Gasteiger partial charge in [0, 0.05) is 13.1 Å². The number of amides is 1. The third-order valence-electron chi connectivity index (χ3n) is 6.11. The fourth-order valence-electron chi connectivity index (χ4n) is 4.30. The van der Waals surface area contributed by atoms with Crippen LogP contribution in [0.15, 0.2) is 54.6 Å². The highest BCUT2D eigenvalue weighted by atomic mass is 16.2. The van der Waals surface area contributed by atoms with Crippen molar-refractivity contribution in [2.45, 2.75) is 32.7 Å². The molecule has 0 radical (unpaired) electrons. The summed E-state index contributed by atoms with van der Waals surface area (Å²) in [4.78, 5) is 16.9. The van der Waals surface area contributed by atoms with Gasteiger partial charge >= 0.3 is 0 Å². The average Bonchev–Trinajstić information content (AvgIpc) is 3.48. The Morgan fingerprint density at radius 2 is 1.61 bits per heavy atom. The molecule has 7 nitrogen and oxygen atoms in total. The third kappa shape index (κ3) is 3.71. The minimum atomic E-state index is -0.139. The summed E-state index contributed by atoms with van der Waals surface area (Å²) < 4.78 is 1.81. The number of allylic oxidation sites excluding steroid dienone is 1. The molecule has 1 aromatic heterocycles. The van der Waals surface area contributed by atoms with Crippen molar-refractivity contribution in [3.63, 3.8) is 0 Å². The smallest absolute Gasteiger partial charge is 0.251 e. The van der Waals surface area contributed by atoms with Crippen molar-refractivity contribution in [1.29, 1.82) is 0 Å². The molecule has 2 aliphatic heterocycles. The van der Waals surface area contributed by atoms with Crippen LogP contribution in [0.4, 0.5) is 5.95 Å². The van der Waals surface area contributed by atoms with Gasteiger partial charge in [-0.3, -0.25) is 9.69 Å². The van der Waals surface area contributed by atoms with Crippen LogP contribution in [0, 0.1) is 13.8 Å². The SMILES string of the molecule is Cc1ccc(C2=CC(c3ccc(C)cc3)n3nnnc3N2CC(=O)N2CCCC2)cc1. The van der Waals surface area contributed by atoms with Crippen molar-refractivity contribution >= 4 is 17.6 Å². The number of likely N-dealkylation sites (tertiary alicyclic amines) is 1. The van der Waals surface area contributed by atoms with E-state index >= 15 is 0 Å². The quantitative estimate of drug-likeness (QED) is 0.655. The van der Waals surface area contributed by atoms with E-state index in [2.05, 4.69) is 84.0 Å². The van der Waals surface area contributed by atoms with E-state index in [-0.39, 0.29) is 18.5 Å². The number of aryl methyl sites for hydroxylation is 2. The van der Waals surface area contributed by atoms with Crippen molar-refractivity contribution in [1.82, 2.24) is 25.1 Å². The first-order chi connectivity index (χ1) is 15.1. The Kier molecular flexibility index (Phi) is 5.02. The molecule has 2 aromatic carbocycles. The minimum Gasteiger partial charge on any atom is -0.341 e. The van der Waals surface area contributed by atoms with Crippen molar-refractivity contribution in [3.8, 4) is 0 Å². The molecule has 1 amide bonds. The summed E-state index contributed by atoms with van der Waals surface area (Å²) in [5, 5.41) is 12.6. The van der Waals surface area contributed by atoms with E-state index < -0.39 is 0 Å². The number of tetrazole rings is 1. The first-order valence-corrected chi connectivity index (χ1v) is 10.8. The molecule has 0 aliphatic carbocycles. The molecule has 0 saturated carbocycles. The van der Waals surface area contributed by atoms with Crippen LogP contribution in [0.1, 0.15) is 41.1 Å². The Morgan fingerprint density at radius 3 is 2.29 bits per heavy atom. The van der Waals surface area contributed by atoms with Gasteiger partial charge in [0.05, 0.1) is 5.70 Å². The first kappa shape index (κ1) is 19.5. The highest BCUT2D eigenvalue weighted by Crippen LogP contribution is 2.36. The molecule has 1 saturated heterocycles. The van der Waals surface area contributed by atoms with Crippen LogP contribution in [-0.2, 0) is 4.79 Å². The van der Waals surface area contributed by atoms with Crippen molar-refractivity contribution < 1.29 is 4.79 Å². The molecule has 31 heavy (non-hydrogen) atoms. The van der Waals surface area contributed by atoms with Gasteiger partial charge in [0.1, 0.15) is 12.6 Å². The van der Waals surface area contributed by atoms with E-state index in [1.165, 1.54) is 11.1 Å². The standard InChI is InChI=1S/C24H26N6O/c1-17-5-9-19(10-6-17)21-15-22(20-11-7-18(2)8-12-20)30-24(25-26-27-30)29(21)16-23(31)28-13-3-4-14-28/h5-12,15,22H,3-4,13-14,16H2,1-2H3. The first-order valence-electron chi connectivity index (χ1n) is 10.8. The van der Waals surface area contributed by atoms with Crippen LogP contribution < -0.4 is 4.90 Å². The Bertz CT molecular complexity index is 1110. The second-order valence-corrected chi connectivity index (χ2v) is 8.37. The van der Waals surface area contributed by atoms with Crippen LogP contribution in [0.2, 0.25) is 0 Å². The van der Waals surface area contributed by atoms with Gasteiger partial charge in [-0.05, 0) is 54.3 Å². The van der Waals surface area contributed by atoms with Gasteiger partial charge in [-0.15, -0.1) is 0 Å². The zero-order chi connectivity index (χ0) is 21.4. The highest BCUT2D eigenvalue weighted by Gasteiger charge is 2.33. The number of hydrogen-bond donors (Lipinski definition) is 0. The highest BCUT2D eigenvalue weighted by molar-refractivity contribution is 5.89. The monoisotopic (exact) mass is 414 g/mol. The Balaban J connectivity index is 1.58. The van der Waals surface area contributed by atoms with Gasteiger partial charge in [0.15, 0.2) is 0 Å². The largest absolute Gasteiger partial charge is 0.341 e. The normalized spacial score (nSPS) is 18.1. The molecule has 3 aromatic rings. The molecular weight excluding hydrogens is 388 g/mol. The lowest BCUT2D eigenvalue weighted by Crippen LogP contribution is -2.41. The summed E-state index contributed by atoms with van der Waals surface area (Å²) in [5.41, 5.74) is 5.51. The average molecular weight is 415 g/mol. The lowest BCUT2D eigenvalue weighted by atomic mass is 9.99. The van der Waals surface area contributed by atoms with Gasteiger partial charge in [0.2, 0.25) is 5.91 Å². The summed E-state index contributed by atoms with van der Waals surface area (Å²) in [6, 6.07) is 16.7. The van der Waals surface area contributed by atoms with Gasteiger partial charge in [-0.2, -0.15) is 4.68 Å². The predicted molar refractivity (Wildman–Crippen MR) is 119 cm³/mol. The molecule has 5 rings (SSSR count). The number of anilines is 1. The molecule has 7 heteroatoms. The predicted octanol–water partition coefficient (Wildman–Crippen LogP) is 3.36. The molecule has 0 N–H and O–H groups in total. The van der Waals surface area contributed by atoms with Crippen molar-refractivity contribution in [2.75, 3.05) is 24.5 Å². The lowest BCUT2D eigenvalue weighted by molar-refractivity contribution is -0.128. The molecule has 2 aliphatic rings. The molecule has 3 heterocycles. The lowest BCUT2D eigenvalue weighted by Gasteiger charge is -2.33. The topological polar surface area (TPSA) is 67.2 Å². The number of carbonyl (C=O) groups excluding carboxylic acids is 1. The molecule has 1 atom stereocenters. The summed E-state index contributed by atoms with van der Waals surface area (Å²) in [6.45, 7) is 6.02. The Labute approximate surface area is 182 Å². The summed E-state index contributed by atoms with van der Waals surface area (Å²) in [5.74, 6) is 0.704. The van der Waals surface area contributed by atoms with E-state index in [1.807, 2.05) is 9.80 Å². The van der Waals surface area contributed by atoms with Crippen molar-refractivity contribution in [2.24, 2.45) is 0 Å². The molecule has 158 valence electrons. The number of fused-ring (bicyclic) bond motifs is 1. The number of nitrogens with zero attached hydrogens (tertiary/aromatic N) is 6. The van der Waals surface area contributed by atoms with E-state index in [4.69, 9.17) is 0 Å². The number of carbonyl (C=O) groups is 1. The van der Waals surface area contributed by atoms with Crippen LogP contribution >= 0.6 is 0 Å². The summed E-state index contributed by atoms with van der Waals surface area (Å²) in [6.07, 6.45) is 4.30. The van der Waals surface area contributed by atoms with Crippen molar-refractivity contribution in [3.05, 3.63) is 76.9 Å². The zero-order valence-corrected chi connectivity index (χ0v) is 17.9. The number of rotatable bonds is 4. The van der Waals surface area contributed by atoms with E-state index in [0.29, 0.717) is 5.95 Å². The second-order valence-electron chi connectivity index (χ2n) is 8.37. The van der Waals surface area contributed by atoms with Gasteiger partial charge in [0.25, 0.3) is 5.95 Å². The fourth-order valence-corrected chi connectivity index (χ4v) is 4.30. The summed E-state index contributed by atoms with van der Waals surface area (Å²) in [7, 11) is 0. The molecule has 0 spiro atoms. The second kappa shape index (κ2) is 7.98. The number of benzene rings is 2. The van der Waals surface area contributed by atoms with Gasteiger partial charge < -0.3 is 4.90 Å². The Hall–Kier alpha value is -3.48. The van der Waals surface area contributed by atoms with Crippen LogP contribution in [0.3, 0.4) is 0 Å². The van der Waals surface area contributed by atoms with Gasteiger partial charge in [-0.1, -0.05) is 64.8 Å². The zero-order valence-electron chi connectivity index (χ0n) is 17.9. The summed E-state index contributed by atoms with van der Waals surface area (Å²) >= 11 is 0. The van der Waals surface area contributed by atoms with Crippen LogP contribution in [0.5, 0.6) is 0 Å². The maximum atomic E-state index is 13.0. The van der Waals surface area contributed by atoms with Gasteiger partial charge in [-0.25, -0.2) is 0 Å². The Morgan fingerprint density at radius 1 is 0.968 bits per heavy atom. The van der Waals surface area contributed by atoms with E-state index in [1.54, 1.807) is 4.68 Å². The van der Waals surface area contributed by atoms with Crippen LogP contribution in [0.25, 0.3) is 5.70 Å².